The smallest absolute Gasteiger partial charge is 0.123 e. The zero-order valence-electron chi connectivity index (χ0n) is 13.1. The summed E-state index contributed by atoms with van der Waals surface area (Å²) in [7, 11) is 4.06. The molecule has 0 aromatic heterocycles. The van der Waals surface area contributed by atoms with Crippen molar-refractivity contribution in [3.8, 4) is 0 Å². The van der Waals surface area contributed by atoms with Crippen molar-refractivity contribution in [2.75, 3.05) is 19.0 Å². The molecule has 0 aliphatic heterocycles. The first kappa shape index (κ1) is 15.5. The lowest BCUT2D eigenvalue weighted by Crippen LogP contribution is -2.22. The van der Waals surface area contributed by atoms with E-state index in [2.05, 4.69) is 48.3 Å². The van der Waals surface area contributed by atoms with Crippen LogP contribution in [0.3, 0.4) is 0 Å². The van der Waals surface area contributed by atoms with Gasteiger partial charge in [-0.1, -0.05) is 24.3 Å². The molecule has 0 bridgehead atoms. The average Bonchev–Trinajstić information content (AvgIpc) is 2.47. The number of anilines is 1. The fourth-order valence-corrected chi connectivity index (χ4v) is 2.40. The summed E-state index contributed by atoms with van der Waals surface area (Å²) in [5.41, 5.74) is 3.37. The molecule has 0 aliphatic rings. The molecule has 2 nitrogen and oxygen atoms in total. The number of rotatable bonds is 5. The molecule has 3 heteroatoms. The molecule has 2 atom stereocenters. The Labute approximate surface area is 126 Å². The molecule has 0 heterocycles. The Bertz CT molecular complexity index is 578. The van der Waals surface area contributed by atoms with Gasteiger partial charge in [-0.2, -0.15) is 0 Å². The molecule has 112 valence electrons. The fraction of sp³-hybridized carbons (Fsp3) is 0.333. The van der Waals surface area contributed by atoms with E-state index in [0.717, 1.165) is 5.56 Å². The predicted octanol–water partition coefficient (Wildman–Crippen LogP) is 4.30. The molecule has 1 N–H and O–H groups in total. The van der Waals surface area contributed by atoms with Crippen LogP contribution >= 0.6 is 0 Å². The minimum Gasteiger partial charge on any atom is -0.378 e. The lowest BCUT2D eigenvalue weighted by atomic mass is 10.0. The number of hydrogen-bond acceptors (Lipinski definition) is 2. The monoisotopic (exact) mass is 286 g/mol. The van der Waals surface area contributed by atoms with Gasteiger partial charge < -0.3 is 10.2 Å². The number of halogens is 1. The molecule has 0 saturated heterocycles. The summed E-state index contributed by atoms with van der Waals surface area (Å²) >= 11 is 0. The zero-order chi connectivity index (χ0) is 15.4. The molecular formula is C18H23FN2. The second-order valence-corrected chi connectivity index (χ2v) is 5.65. The van der Waals surface area contributed by atoms with Crippen LogP contribution < -0.4 is 10.2 Å². The van der Waals surface area contributed by atoms with E-state index in [-0.39, 0.29) is 17.9 Å². The van der Waals surface area contributed by atoms with Crippen LogP contribution in [0.25, 0.3) is 0 Å². The summed E-state index contributed by atoms with van der Waals surface area (Å²) in [6.45, 7) is 4.18. The Balaban J connectivity index is 2.05. The topological polar surface area (TPSA) is 15.3 Å². The Morgan fingerprint density at radius 1 is 0.905 bits per heavy atom. The quantitative estimate of drug-likeness (QED) is 0.881. The predicted molar refractivity (Wildman–Crippen MR) is 87.1 cm³/mol. The van der Waals surface area contributed by atoms with E-state index >= 15 is 0 Å². The molecule has 0 radical (unpaired) electrons. The van der Waals surface area contributed by atoms with Crippen LogP contribution in [0.1, 0.15) is 37.1 Å². The molecule has 2 rings (SSSR count). The summed E-state index contributed by atoms with van der Waals surface area (Å²) in [4.78, 5) is 2.08. The van der Waals surface area contributed by atoms with E-state index in [0.29, 0.717) is 0 Å². The van der Waals surface area contributed by atoms with Gasteiger partial charge in [0, 0.05) is 31.9 Å². The summed E-state index contributed by atoms with van der Waals surface area (Å²) in [6, 6.07) is 15.5. The second-order valence-electron chi connectivity index (χ2n) is 5.65. The van der Waals surface area contributed by atoms with E-state index < -0.39 is 0 Å². The lowest BCUT2D eigenvalue weighted by molar-refractivity contribution is 0.492. The standard InChI is InChI=1S/C18H23FN2/c1-13(15-8-10-18(11-9-15)21(3)4)20-14(2)16-6-5-7-17(19)12-16/h5-14,20H,1-4H3/t13?,14-/m1/s1. The largest absolute Gasteiger partial charge is 0.378 e. The molecule has 0 fully saturated rings. The Kier molecular flexibility index (Phi) is 4.97. The number of benzene rings is 2. The van der Waals surface area contributed by atoms with Crippen molar-refractivity contribution in [1.82, 2.24) is 5.32 Å². The van der Waals surface area contributed by atoms with Gasteiger partial charge >= 0.3 is 0 Å². The van der Waals surface area contributed by atoms with E-state index in [4.69, 9.17) is 0 Å². The highest BCUT2D eigenvalue weighted by Gasteiger charge is 2.11. The van der Waals surface area contributed by atoms with Crippen molar-refractivity contribution in [3.05, 3.63) is 65.5 Å². The van der Waals surface area contributed by atoms with Crippen LogP contribution in [-0.2, 0) is 0 Å². The number of nitrogens with zero attached hydrogens (tertiary/aromatic N) is 1. The first-order valence-corrected chi connectivity index (χ1v) is 7.26. The average molecular weight is 286 g/mol. The van der Waals surface area contributed by atoms with Gasteiger partial charge in [-0.25, -0.2) is 4.39 Å². The second kappa shape index (κ2) is 6.72. The van der Waals surface area contributed by atoms with Crippen molar-refractivity contribution in [1.29, 1.82) is 0 Å². The van der Waals surface area contributed by atoms with Crippen molar-refractivity contribution in [3.63, 3.8) is 0 Å². The van der Waals surface area contributed by atoms with Crippen LogP contribution in [0.15, 0.2) is 48.5 Å². The van der Waals surface area contributed by atoms with Gasteiger partial charge in [-0.15, -0.1) is 0 Å². The Morgan fingerprint density at radius 2 is 1.52 bits per heavy atom. The molecule has 2 aromatic carbocycles. The molecule has 0 spiro atoms. The van der Waals surface area contributed by atoms with Crippen LogP contribution in [-0.4, -0.2) is 14.1 Å². The molecular weight excluding hydrogens is 263 g/mol. The third kappa shape index (κ3) is 4.05. The van der Waals surface area contributed by atoms with Gasteiger partial charge in [0.05, 0.1) is 0 Å². The first-order chi connectivity index (χ1) is 9.97. The number of hydrogen-bond donors (Lipinski definition) is 1. The molecule has 21 heavy (non-hydrogen) atoms. The highest BCUT2D eigenvalue weighted by molar-refractivity contribution is 5.46. The highest BCUT2D eigenvalue weighted by Crippen LogP contribution is 2.22. The van der Waals surface area contributed by atoms with Crippen molar-refractivity contribution < 1.29 is 4.39 Å². The Morgan fingerprint density at radius 3 is 2.10 bits per heavy atom. The normalized spacial score (nSPS) is 13.8. The summed E-state index contributed by atoms with van der Waals surface area (Å²) in [5.74, 6) is -0.191. The van der Waals surface area contributed by atoms with E-state index in [1.54, 1.807) is 12.1 Å². The lowest BCUT2D eigenvalue weighted by Gasteiger charge is -2.21. The van der Waals surface area contributed by atoms with Crippen LogP contribution in [0.4, 0.5) is 10.1 Å². The van der Waals surface area contributed by atoms with Gasteiger partial charge in [-0.3, -0.25) is 0 Å². The number of nitrogens with one attached hydrogen (secondary N) is 1. The SMILES string of the molecule is CC(N[C@H](C)c1cccc(F)c1)c1ccc(N(C)C)cc1. The fourth-order valence-electron chi connectivity index (χ4n) is 2.40. The van der Waals surface area contributed by atoms with E-state index in [9.17, 15) is 4.39 Å². The van der Waals surface area contributed by atoms with Gasteiger partial charge in [0.15, 0.2) is 0 Å². The van der Waals surface area contributed by atoms with Crippen LogP contribution in [0, 0.1) is 5.82 Å². The third-order valence-electron chi connectivity index (χ3n) is 3.76. The maximum absolute atomic E-state index is 13.3. The maximum Gasteiger partial charge on any atom is 0.123 e. The van der Waals surface area contributed by atoms with Crippen molar-refractivity contribution in [2.24, 2.45) is 0 Å². The molecule has 0 saturated carbocycles. The highest BCUT2D eigenvalue weighted by atomic mass is 19.1. The Hall–Kier alpha value is -1.87. The first-order valence-electron chi connectivity index (χ1n) is 7.26. The third-order valence-corrected chi connectivity index (χ3v) is 3.76. The van der Waals surface area contributed by atoms with Gasteiger partial charge in [0.1, 0.15) is 5.82 Å². The van der Waals surface area contributed by atoms with E-state index in [1.165, 1.54) is 17.3 Å². The summed E-state index contributed by atoms with van der Waals surface area (Å²) in [6.07, 6.45) is 0. The minimum absolute atomic E-state index is 0.101. The molecule has 1 unspecified atom stereocenters. The molecule has 0 amide bonds. The molecule has 2 aromatic rings. The minimum atomic E-state index is -0.191. The molecule has 0 aliphatic carbocycles. The summed E-state index contributed by atoms with van der Waals surface area (Å²) < 4.78 is 13.3. The maximum atomic E-state index is 13.3. The summed E-state index contributed by atoms with van der Waals surface area (Å²) in [5, 5.41) is 3.51. The van der Waals surface area contributed by atoms with Crippen LogP contribution in [0.5, 0.6) is 0 Å². The van der Waals surface area contributed by atoms with Crippen molar-refractivity contribution in [2.45, 2.75) is 25.9 Å². The zero-order valence-corrected chi connectivity index (χ0v) is 13.1. The van der Waals surface area contributed by atoms with Gasteiger partial charge in [-0.05, 0) is 49.2 Å². The van der Waals surface area contributed by atoms with E-state index in [1.807, 2.05) is 20.2 Å². The van der Waals surface area contributed by atoms with Crippen LogP contribution in [0.2, 0.25) is 0 Å². The van der Waals surface area contributed by atoms with Gasteiger partial charge in [0.25, 0.3) is 0 Å². The van der Waals surface area contributed by atoms with Crippen molar-refractivity contribution >= 4 is 5.69 Å². The van der Waals surface area contributed by atoms with Gasteiger partial charge in [0.2, 0.25) is 0 Å².